The monoisotopic (exact) mass is 236 g/mol. The molecule has 1 aromatic carbocycles. The van der Waals surface area contributed by atoms with Crippen LogP contribution >= 0.6 is 0 Å². The molecule has 0 amide bonds. The molecule has 0 aromatic heterocycles. The van der Waals surface area contributed by atoms with E-state index in [4.69, 9.17) is 9.84 Å². The Hall–Kier alpha value is -1.84. The van der Waals surface area contributed by atoms with Crippen LogP contribution < -0.4 is 0 Å². The van der Waals surface area contributed by atoms with Crippen LogP contribution in [0, 0.1) is 0 Å². The van der Waals surface area contributed by atoms with Crippen molar-refractivity contribution in [3.8, 4) is 0 Å². The lowest BCUT2D eigenvalue weighted by Gasteiger charge is -2.09. The van der Waals surface area contributed by atoms with Gasteiger partial charge in [0.25, 0.3) is 0 Å². The first-order valence-electron chi connectivity index (χ1n) is 5.53. The Kier molecular flexibility index (Phi) is 4.69. The fraction of sp³-hybridized carbons (Fsp3) is 0.385. The van der Waals surface area contributed by atoms with Crippen molar-refractivity contribution >= 4 is 11.9 Å². The Bertz CT molecular complexity index is 394. The van der Waals surface area contributed by atoms with Gasteiger partial charge in [-0.1, -0.05) is 19.1 Å². The highest BCUT2D eigenvalue weighted by atomic mass is 16.5. The molecular formula is C13H16O4. The minimum Gasteiger partial charge on any atom is -0.481 e. The van der Waals surface area contributed by atoms with E-state index in [1.54, 1.807) is 31.2 Å². The number of carboxylic acid groups (broad SMARTS) is 1. The molecule has 0 bridgehead atoms. The number of carbonyl (C=O) groups excluding carboxylic acids is 1. The number of carboxylic acids is 1. The van der Waals surface area contributed by atoms with Gasteiger partial charge in [0, 0.05) is 0 Å². The molecule has 1 N–H and O–H groups in total. The van der Waals surface area contributed by atoms with Crippen LogP contribution in [-0.2, 0) is 9.53 Å². The highest BCUT2D eigenvalue weighted by molar-refractivity contribution is 5.89. The van der Waals surface area contributed by atoms with Gasteiger partial charge in [-0.05, 0) is 30.5 Å². The van der Waals surface area contributed by atoms with Crippen molar-refractivity contribution in [1.29, 1.82) is 0 Å². The van der Waals surface area contributed by atoms with Crippen molar-refractivity contribution in [3.05, 3.63) is 35.4 Å². The van der Waals surface area contributed by atoms with Crippen molar-refractivity contribution < 1.29 is 19.4 Å². The normalized spacial score (nSPS) is 11.9. The molecule has 0 spiro atoms. The highest BCUT2D eigenvalue weighted by Gasteiger charge is 2.11. The summed E-state index contributed by atoms with van der Waals surface area (Å²) in [4.78, 5) is 22.0. The molecule has 0 aliphatic rings. The minimum atomic E-state index is -0.827. The number of ether oxygens (including phenoxy) is 1. The van der Waals surface area contributed by atoms with Gasteiger partial charge in [-0.25, -0.2) is 4.79 Å². The zero-order valence-electron chi connectivity index (χ0n) is 9.97. The van der Waals surface area contributed by atoms with Crippen LogP contribution in [-0.4, -0.2) is 23.7 Å². The molecule has 0 heterocycles. The Labute approximate surface area is 100 Å². The Morgan fingerprint density at radius 2 is 1.88 bits per heavy atom. The maximum atomic E-state index is 11.4. The summed E-state index contributed by atoms with van der Waals surface area (Å²) < 4.78 is 4.86. The maximum absolute atomic E-state index is 11.4. The van der Waals surface area contributed by atoms with Crippen LogP contribution in [0.2, 0.25) is 0 Å². The van der Waals surface area contributed by atoms with E-state index in [1.165, 1.54) is 0 Å². The first-order chi connectivity index (χ1) is 8.04. The van der Waals surface area contributed by atoms with Gasteiger partial charge in [0.15, 0.2) is 0 Å². The lowest BCUT2D eigenvalue weighted by atomic mass is 9.97. The summed E-state index contributed by atoms with van der Waals surface area (Å²) >= 11 is 0. The topological polar surface area (TPSA) is 63.6 Å². The second-order valence-corrected chi connectivity index (χ2v) is 3.84. The number of rotatable bonds is 5. The van der Waals surface area contributed by atoms with E-state index in [-0.39, 0.29) is 18.3 Å². The Morgan fingerprint density at radius 1 is 1.29 bits per heavy atom. The van der Waals surface area contributed by atoms with Crippen LogP contribution in [0.1, 0.15) is 42.1 Å². The van der Waals surface area contributed by atoms with Gasteiger partial charge in [-0.3, -0.25) is 4.79 Å². The third-order valence-electron chi connectivity index (χ3n) is 2.47. The highest BCUT2D eigenvalue weighted by Crippen LogP contribution is 2.19. The maximum Gasteiger partial charge on any atom is 0.338 e. The van der Waals surface area contributed by atoms with E-state index < -0.39 is 5.97 Å². The largest absolute Gasteiger partial charge is 0.481 e. The molecule has 0 saturated heterocycles. The number of carbonyl (C=O) groups is 2. The van der Waals surface area contributed by atoms with E-state index in [1.807, 2.05) is 6.92 Å². The van der Waals surface area contributed by atoms with Gasteiger partial charge < -0.3 is 9.84 Å². The number of hydrogen-bond acceptors (Lipinski definition) is 3. The molecule has 0 aliphatic heterocycles. The molecule has 0 radical (unpaired) electrons. The van der Waals surface area contributed by atoms with Crippen LogP contribution in [0.15, 0.2) is 24.3 Å². The quantitative estimate of drug-likeness (QED) is 0.797. The van der Waals surface area contributed by atoms with Crippen molar-refractivity contribution in [2.75, 3.05) is 6.61 Å². The van der Waals surface area contributed by atoms with Gasteiger partial charge >= 0.3 is 11.9 Å². The van der Waals surface area contributed by atoms with Gasteiger partial charge in [0.1, 0.15) is 0 Å². The molecule has 1 aromatic rings. The molecule has 0 fully saturated rings. The summed E-state index contributed by atoms with van der Waals surface area (Å²) in [7, 11) is 0. The summed E-state index contributed by atoms with van der Waals surface area (Å²) in [6, 6.07) is 6.84. The van der Waals surface area contributed by atoms with Crippen LogP contribution in [0.5, 0.6) is 0 Å². The van der Waals surface area contributed by atoms with E-state index in [2.05, 4.69) is 0 Å². The summed E-state index contributed by atoms with van der Waals surface area (Å²) in [5.41, 5.74) is 1.39. The first-order valence-corrected chi connectivity index (χ1v) is 5.53. The van der Waals surface area contributed by atoms with Crippen molar-refractivity contribution in [3.63, 3.8) is 0 Å². The summed E-state index contributed by atoms with van der Waals surface area (Å²) in [6.07, 6.45) is 0.0821. The molecule has 92 valence electrons. The molecule has 1 rings (SSSR count). The lowest BCUT2D eigenvalue weighted by molar-refractivity contribution is -0.137. The van der Waals surface area contributed by atoms with Gasteiger partial charge in [0.05, 0.1) is 18.6 Å². The van der Waals surface area contributed by atoms with E-state index in [9.17, 15) is 9.59 Å². The molecule has 1 atom stereocenters. The standard InChI is InChI=1S/C13H16O4/c1-3-17-13(16)11-6-4-10(5-7-11)9(2)8-12(14)15/h4-7,9H,3,8H2,1-2H3,(H,14,15). The van der Waals surface area contributed by atoms with E-state index >= 15 is 0 Å². The molecular weight excluding hydrogens is 220 g/mol. The Morgan fingerprint density at radius 3 is 2.35 bits per heavy atom. The summed E-state index contributed by atoms with van der Waals surface area (Å²) in [5.74, 6) is -1.25. The SMILES string of the molecule is CCOC(=O)c1ccc(C(C)CC(=O)O)cc1. The fourth-order valence-electron chi connectivity index (χ4n) is 1.54. The van der Waals surface area contributed by atoms with E-state index in [0.29, 0.717) is 12.2 Å². The summed E-state index contributed by atoms with van der Waals surface area (Å²) in [6.45, 7) is 3.94. The predicted molar refractivity (Wildman–Crippen MR) is 63.1 cm³/mol. The molecule has 1 unspecified atom stereocenters. The zero-order chi connectivity index (χ0) is 12.8. The predicted octanol–water partition coefficient (Wildman–Crippen LogP) is 2.44. The lowest BCUT2D eigenvalue weighted by Crippen LogP contribution is -2.06. The Balaban J connectivity index is 2.73. The van der Waals surface area contributed by atoms with Crippen molar-refractivity contribution in [2.24, 2.45) is 0 Å². The van der Waals surface area contributed by atoms with Crippen LogP contribution in [0.4, 0.5) is 0 Å². The fourth-order valence-corrected chi connectivity index (χ4v) is 1.54. The minimum absolute atomic E-state index is 0.0660. The molecule has 0 saturated carbocycles. The van der Waals surface area contributed by atoms with Crippen LogP contribution in [0.25, 0.3) is 0 Å². The van der Waals surface area contributed by atoms with E-state index in [0.717, 1.165) is 5.56 Å². The number of aliphatic carboxylic acids is 1. The molecule has 17 heavy (non-hydrogen) atoms. The smallest absolute Gasteiger partial charge is 0.338 e. The second kappa shape index (κ2) is 6.03. The number of benzene rings is 1. The first kappa shape index (κ1) is 13.2. The molecule has 0 aliphatic carbocycles. The van der Waals surface area contributed by atoms with Gasteiger partial charge in [0.2, 0.25) is 0 Å². The molecule has 4 heteroatoms. The van der Waals surface area contributed by atoms with Crippen molar-refractivity contribution in [1.82, 2.24) is 0 Å². The van der Waals surface area contributed by atoms with Crippen molar-refractivity contribution in [2.45, 2.75) is 26.2 Å². The van der Waals surface area contributed by atoms with Crippen LogP contribution in [0.3, 0.4) is 0 Å². The second-order valence-electron chi connectivity index (χ2n) is 3.84. The third kappa shape index (κ3) is 3.90. The third-order valence-corrected chi connectivity index (χ3v) is 2.47. The average molecular weight is 236 g/mol. The number of hydrogen-bond donors (Lipinski definition) is 1. The summed E-state index contributed by atoms with van der Waals surface area (Å²) in [5, 5.41) is 8.68. The van der Waals surface area contributed by atoms with Gasteiger partial charge in [-0.2, -0.15) is 0 Å². The molecule has 4 nitrogen and oxygen atoms in total. The number of esters is 1. The van der Waals surface area contributed by atoms with Gasteiger partial charge in [-0.15, -0.1) is 0 Å². The average Bonchev–Trinajstić information content (AvgIpc) is 2.28. The zero-order valence-corrected chi connectivity index (χ0v) is 9.97.